The molecule has 2 heterocycles. The number of amides is 1. The first-order valence-electron chi connectivity index (χ1n) is 5.76. The zero-order chi connectivity index (χ0) is 14.9. The highest BCUT2D eigenvalue weighted by atomic mass is 79.9. The lowest BCUT2D eigenvalue weighted by Crippen LogP contribution is -2.25. The molecule has 7 nitrogen and oxygen atoms in total. The molecule has 0 aliphatic heterocycles. The molecule has 0 aliphatic rings. The van der Waals surface area contributed by atoms with Crippen LogP contribution in [0.5, 0.6) is 0 Å². The minimum atomic E-state index is -0.638. The number of halogens is 2. The number of carbonyl (C=O) groups excluding carboxylic acids is 1. The quantitative estimate of drug-likeness (QED) is 0.670. The van der Waals surface area contributed by atoms with Crippen LogP contribution in [0.2, 0.25) is 5.02 Å². The molecule has 0 unspecified atom stereocenters. The molecule has 1 amide bonds. The van der Waals surface area contributed by atoms with E-state index >= 15 is 0 Å². The van der Waals surface area contributed by atoms with Crippen LogP contribution in [-0.2, 0) is 0 Å². The van der Waals surface area contributed by atoms with Crippen molar-refractivity contribution >= 4 is 44.9 Å². The summed E-state index contributed by atoms with van der Waals surface area (Å²) >= 11 is 9.13. The van der Waals surface area contributed by atoms with Crippen molar-refractivity contribution in [2.45, 2.75) is 13.3 Å². The molecule has 0 saturated heterocycles. The summed E-state index contributed by atoms with van der Waals surface area (Å²) in [7, 11) is 0. The van der Waals surface area contributed by atoms with Gasteiger partial charge in [-0.2, -0.15) is 9.38 Å². The Morgan fingerprint density at radius 2 is 2.35 bits per heavy atom. The zero-order valence-electron chi connectivity index (χ0n) is 10.4. The predicted molar refractivity (Wildman–Crippen MR) is 77.2 cm³/mol. The van der Waals surface area contributed by atoms with Crippen molar-refractivity contribution in [1.82, 2.24) is 14.7 Å². The molecule has 0 spiro atoms. The van der Waals surface area contributed by atoms with Crippen LogP contribution in [0.25, 0.3) is 5.65 Å². The van der Waals surface area contributed by atoms with Gasteiger partial charge in [0.25, 0.3) is 5.91 Å². The Hall–Kier alpha value is -1.67. The Morgan fingerprint density at radius 1 is 1.65 bits per heavy atom. The fraction of sp³-hybridized carbons (Fsp3) is 0.273. The first-order valence-corrected chi connectivity index (χ1v) is 6.93. The molecule has 0 aromatic carbocycles. The van der Waals surface area contributed by atoms with Gasteiger partial charge >= 0.3 is 5.82 Å². The van der Waals surface area contributed by atoms with E-state index in [0.717, 1.165) is 6.42 Å². The van der Waals surface area contributed by atoms with Gasteiger partial charge in [-0.15, -0.1) is 0 Å². The molecule has 0 aliphatic carbocycles. The van der Waals surface area contributed by atoms with Gasteiger partial charge < -0.3 is 15.4 Å². The Labute approximate surface area is 127 Å². The maximum Gasteiger partial charge on any atom is 0.361 e. The van der Waals surface area contributed by atoms with Crippen LogP contribution >= 0.6 is 27.5 Å². The summed E-state index contributed by atoms with van der Waals surface area (Å²) in [6, 6.07) is 1.49. The van der Waals surface area contributed by atoms with Gasteiger partial charge in [-0.1, -0.05) is 18.5 Å². The smallest absolute Gasteiger partial charge is 0.358 e. The van der Waals surface area contributed by atoms with Crippen LogP contribution < -0.4 is 5.32 Å². The second-order valence-corrected chi connectivity index (χ2v) is 5.17. The lowest BCUT2D eigenvalue weighted by atomic mass is 10.4. The SMILES string of the molecule is CCCNC(=O)c1nc2c(Br)c(Cl)ccn2c1[N+](=O)[O-]. The highest BCUT2D eigenvalue weighted by molar-refractivity contribution is 9.10. The van der Waals surface area contributed by atoms with Crippen LogP contribution in [0.15, 0.2) is 16.7 Å². The van der Waals surface area contributed by atoms with Gasteiger partial charge in [0.15, 0.2) is 0 Å². The maximum absolute atomic E-state index is 12.0. The average molecular weight is 362 g/mol. The molecule has 0 fully saturated rings. The highest BCUT2D eigenvalue weighted by Crippen LogP contribution is 2.30. The number of hydrogen-bond acceptors (Lipinski definition) is 4. The normalized spacial score (nSPS) is 10.8. The predicted octanol–water partition coefficient (Wildman–Crippen LogP) is 2.80. The van der Waals surface area contributed by atoms with Crippen LogP contribution in [-0.4, -0.2) is 26.8 Å². The summed E-state index contributed by atoms with van der Waals surface area (Å²) in [5.41, 5.74) is -0.00253. The number of carbonyl (C=O) groups is 1. The second kappa shape index (κ2) is 5.76. The monoisotopic (exact) mass is 360 g/mol. The highest BCUT2D eigenvalue weighted by Gasteiger charge is 2.29. The van der Waals surface area contributed by atoms with Crippen LogP contribution in [0, 0.1) is 10.1 Å². The van der Waals surface area contributed by atoms with Crippen molar-refractivity contribution < 1.29 is 9.72 Å². The lowest BCUT2D eigenvalue weighted by molar-refractivity contribution is -0.390. The van der Waals surface area contributed by atoms with Gasteiger partial charge in [0.2, 0.25) is 11.3 Å². The number of hydrogen-bond donors (Lipinski definition) is 1. The molecule has 20 heavy (non-hydrogen) atoms. The number of fused-ring (bicyclic) bond motifs is 1. The summed E-state index contributed by atoms with van der Waals surface area (Å²) in [6.07, 6.45) is 2.13. The average Bonchev–Trinajstić information content (AvgIpc) is 2.80. The third-order valence-corrected chi connectivity index (χ3v) is 3.91. The van der Waals surface area contributed by atoms with E-state index in [2.05, 4.69) is 26.2 Å². The first kappa shape index (κ1) is 14.7. The van der Waals surface area contributed by atoms with Gasteiger partial charge in [-0.05, 0) is 33.3 Å². The van der Waals surface area contributed by atoms with Crippen molar-refractivity contribution in [3.05, 3.63) is 37.6 Å². The van der Waals surface area contributed by atoms with E-state index in [1.807, 2.05) is 6.92 Å². The number of nitrogens with one attached hydrogen (secondary N) is 1. The van der Waals surface area contributed by atoms with Crippen molar-refractivity contribution in [1.29, 1.82) is 0 Å². The van der Waals surface area contributed by atoms with Gasteiger partial charge in [0.05, 0.1) is 11.2 Å². The topological polar surface area (TPSA) is 89.5 Å². The summed E-state index contributed by atoms with van der Waals surface area (Å²) in [6.45, 7) is 2.31. The standard InChI is InChI=1S/C11H10BrClN4O3/c1-2-4-14-10(18)8-11(17(19)20)16-5-3-6(13)7(12)9(16)15-8/h3,5H,2,4H2,1H3,(H,14,18). The van der Waals surface area contributed by atoms with Gasteiger partial charge in [-0.25, -0.2) is 0 Å². The molecule has 0 bridgehead atoms. The largest absolute Gasteiger partial charge is 0.361 e. The minimum Gasteiger partial charge on any atom is -0.358 e. The molecule has 1 N–H and O–H groups in total. The number of rotatable bonds is 4. The Kier molecular flexibility index (Phi) is 4.24. The van der Waals surface area contributed by atoms with Crippen LogP contribution in [0.4, 0.5) is 5.82 Å². The first-order chi connectivity index (χ1) is 9.47. The molecule has 0 radical (unpaired) electrons. The zero-order valence-corrected chi connectivity index (χ0v) is 12.7. The van der Waals surface area contributed by atoms with Gasteiger partial charge in [-0.3, -0.25) is 4.79 Å². The van der Waals surface area contributed by atoms with Crippen molar-refractivity contribution in [3.63, 3.8) is 0 Å². The number of aromatic nitrogens is 2. The molecule has 9 heteroatoms. The van der Waals surface area contributed by atoms with Gasteiger partial charge in [0.1, 0.15) is 4.47 Å². The Morgan fingerprint density at radius 3 is 2.95 bits per heavy atom. The van der Waals surface area contributed by atoms with Crippen molar-refractivity contribution in [3.8, 4) is 0 Å². The molecule has 2 aromatic rings. The number of imidazole rings is 1. The third kappa shape index (κ3) is 2.48. The summed E-state index contributed by atoms with van der Waals surface area (Å²) in [4.78, 5) is 26.5. The Bertz CT molecular complexity index is 701. The second-order valence-electron chi connectivity index (χ2n) is 3.97. The van der Waals surface area contributed by atoms with E-state index in [9.17, 15) is 14.9 Å². The maximum atomic E-state index is 12.0. The summed E-state index contributed by atoms with van der Waals surface area (Å²) in [5, 5.41) is 14.1. The van der Waals surface area contributed by atoms with E-state index < -0.39 is 10.8 Å². The third-order valence-electron chi connectivity index (χ3n) is 2.59. The Balaban J connectivity index is 2.65. The molecule has 0 saturated carbocycles. The number of pyridine rings is 1. The van der Waals surface area contributed by atoms with E-state index in [-0.39, 0.29) is 17.2 Å². The lowest BCUT2D eigenvalue weighted by Gasteiger charge is -2.00. The molecule has 2 aromatic heterocycles. The molecule has 0 atom stereocenters. The minimum absolute atomic E-state index is 0.228. The summed E-state index contributed by atoms with van der Waals surface area (Å²) < 4.78 is 1.62. The van der Waals surface area contributed by atoms with Crippen LogP contribution in [0.1, 0.15) is 23.8 Å². The molecular weight excluding hydrogens is 352 g/mol. The molecule has 2 rings (SSSR count). The van der Waals surface area contributed by atoms with Gasteiger partial charge in [0, 0.05) is 6.54 Å². The van der Waals surface area contributed by atoms with Crippen molar-refractivity contribution in [2.24, 2.45) is 0 Å². The number of nitrogens with zero attached hydrogens (tertiary/aromatic N) is 3. The number of nitro groups is 1. The molecular formula is C11H10BrClN4O3. The van der Waals surface area contributed by atoms with E-state index in [1.54, 1.807) is 0 Å². The summed E-state index contributed by atoms with van der Waals surface area (Å²) in [5.74, 6) is -0.962. The molecule has 106 valence electrons. The van der Waals surface area contributed by atoms with E-state index in [4.69, 9.17) is 11.6 Å². The van der Waals surface area contributed by atoms with E-state index in [1.165, 1.54) is 16.7 Å². The van der Waals surface area contributed by atoms with Crippen molar-refractivity contribution in [2.75, 3.05) is 6.54 Å². The fourth-order valence-electron chi connectivity index (χ4n) is 1.69. The fourth-order valence-corrected chi connectivity index (χ4v) is 2.24. The van der Waals surface area contributed by atoms with Crippen LogP contribution in [0.3, 0.4) is 0 Å². The van der Waals surface area contributed by atoms with E-state index in [0.29, 0.717) is 16.0 Å².